The van der Waals surface area contributed by atoms with Gasteiger partial charge < -0.3 is 14.8 Å². The van der Waals surface area contributed by atoms with Crippen molar-refractivity contribution in [2.45, 2.75) is 0 Å². The van der Waals surface area contributed by atoms with E-state index in [1.54, 1.807) is 12.3 Å². The molecule has 0 spiro atoms. The van der Waals surface area contributed by atoms with Gasteiger partial charge in [0.15, 0.2) is 6.61 Å². The molecule has 0 amide bonds. The first-order valence-electron chi connectivity index (χ1n) is 4.18. The minimum Gasteiger partial charge on any atom is -0.480 e. The molecule has 0 saturated carbocycles. The van der Waals surface area contributed by atoms with Crippen molar-refractivity contribution < 1.29 is 14.6 Å². The molecular weight excluding hydrogens is 182 g/mol. The van der Waals surface area contributed by atoms with Crippen LogP contribution in [0.15, 0.2) is 30.5 Å². The molecule has 1 heterocycles. The Bertz CT molecular complexity index is 461. The molecule has 14 heavy (non-hydrogen) atoms. The molecule has 4 nitrogen and oxygen atoms in total. The molecule has 0 bridgehead atoms. The number of aromatic amines is 1. The Hall–Kier alpha value is -1.97. The fraction of sp³-hybridized carbons (Fsp3) is 0.100. The van der Waals surface area contributed by atoms with Gasteiger partial charge in [0.05, 0.1) is 5.52 Å². The van der Waals surface area contributed by atoms with Crippen LogP contribution < -0.4 is 4.74 Å². The van der Waals surface area contributed by atoms with E-state index in [-0.39, 0.29) is 6.61 Å². The predicted molar refractivity (Wildman–Crippen MR) is 51.4 cm³/mol. The molecule has 0 unspecified atom stereocenters. The predicted octanol–water partition coefficient (Wildman–Crippen LogP) is 1.63. The first-order valence-corrected chi connectivity index (χ1v) is 4.18. The number of nitrogens with one attached hydrogen (secondary N) is 1. The second-order valence-corrected chi connectivity index (χ2v) is 2.88. The summed E-state index contributed by atoms with van der Waals surface area (Å²) in [4.78, 5) is 13.3. The maximum Gasteiger partial charge on any atom is 0.341 e. The van der Waals surface area contributed by atoms with Crippen molar-refractivity contribution in [3.8, 4) is 5.75 Å². The van der Waals surface area contributed by atoms with Crippen molar-refractivity contribution in [3.63, 3.8) is 0 Å². The number of carboxylic acids is 1. The fourth-order valence-electron chi connectivity index (χ4n) is 1.32. The third-order valence-electron chi connectivity index (χ3n) is 1.90. The number of hydrogen-bond donors (Lipinski definition) is 2. The Morgan fingerprint density at radius 3 is 3.07 bits per heavy atom. The van der Waals surface area contributed by atoms with E-state index >= 15 is 0 Å². The first kappa shape index (κ1) is 8.62. The Kier molecular flexibility index (Phi) is 2.10. The number of hydrogen-bond acceptors (Lipinski definition) is 2. The Labute approximate surface area is 80.1 Å². The quantitative estimate of drug-likeness (QED) is 0.775. The Morgan fingerprint density at radius 1 is 1.43 bits per heavy atom. The number of aromatic nitrogens is 1. The summed E-state index contributed by atoms with van der Waals surface area (Å²) in [7, 11) is 0. The molecule has 1 aromatic carbocycles. The lowest BCUT2D eigenvalue weighted by atomic mass is 10.2. The summed E-state index contributed by atoms with van der Waals surface area (Å²) in [5.41, 5.74) is 0.828. The van der Waals surface area contributed by atoms with Gasteiger partial charge in [0.2, 0.25) is 0 Å². The first-order chi connectivity index (χ1) is 6.77. The molecule has 1 aromatic heterocycles. The lowest BCUT2D eigenvalue weighted by molar-refractivity contribution is -0.139. The maximum absolute atomic E-state index is 10.3. The molecule has 72 valence electrons. The highest BCUT2D eigenvalue weighted by Crippen LogP contribution is 2.23. The van der Waals surface area contributed by atoms with Crippen molar-refractivity contribution in [2.24, 2.45) is 0 Å². The van der Waals surface area contributed by atoms with Gasteiger partial charge in [-0.2, -0.15) is 0 Å². The minimum atomic E-state index is -0.978. The molecule has 4 heteroatoms. The molecule has 0 aliphatic rings. The van der Waals surface area contributed by atoms with Crippen LogP contribution in [0.25, 0.3) is 10.9 Å². The average molecular weight is 191 g/mol. The van der Waals surface area contributed by atoms with Gasteiger partial charge >= 0.3 is 5.97 Å². The zero-order chi connectivity index (χ0) is 9.97. The SMILES string of the molecule is O=C(O)COc1cccc2cc[nH]c12. The highest BCUT2D eigenvalue weighted by atomic mass is 16.5. The number of ether oxygens (including phenoxy) is 1. The van der Waals surface area contributed by atoms with E-state index in [1.165, 1.54) is 0 Å². The van der Waals surface area contributed by atoms with Crippen LogP contribution in [0.3, 0.4) is 0 Å². The van der Waals surface area contributed by atoms with Crippen LogP contribution in [-0.2, 0) is 4.79 Å². The second kappa shape index (κ2) is 3.41. The second-order valence-electron chi connectivity index (χ2n) is 2.88. The Morgan fingerprint density at radius 2 is 2.29 bits per heavy atom. The standard InChI is InChI=1S/C10H9NO3/c12-9(13)6-14-8-3-1-2-7-4-5-11-10(7)8/h1-5,11H,6H2,(H,12,13). The van der Waals surface area contributed by atoms with Gasteiger partial charge in [-0.15, -0.1) is 0 Å². The summed E-state index contributed by atoms with van der Waals surface area (Å²) < 4.78 is 5.11. The number of H-pyrrole nitrogens is 1. The monoisotopic (exact) mass is 191 g/mol. The van der Waals surface area contributed by atoms with Crippen LogP contribution in [0.2, 0.25) is 0 Å². The molecule has 2 aromatic rings. The van der Waals surface area contributed by atoms with Gasteiger partial charge in [-0.3, -0.25) is 0 Å². The van der Waals surface area contributed by atoms with Crippen molar-refractivity contribution in [1.82, 2.24) is 4.98 Å². The van der Waals surface area contributed by atoms with Crippen LogP contribution in [0, 0.1) is 0 Å². The maximum atomic E-state index is 10.3. The van der Waals surface area contributed by atoms with E-state index in [0.29, 0.717) is 5.75 Å². The third-order valence-corrected chi connectivity index (χ3v) is 1.90. The highest BCUT2D eigenvalue weighted by Gasteiger charge is 2.04. The summed E-state index contributed by atoms with van der Waals surface area (Å²) >= 11 is 0. The van der Waals surface area contributed by atoms with Gasteiger partial charge in [0.25, 0.3) is 0 Å². The highest BCUT2D eigenvalue weighted by molar-refractivity contribution is 5.85. The van der Waals surface area contributed by atoms with Gasteiger partial charge in [0, 0.05) is 11.6 Å². The van der Waals surface area contributed by atoms with Crippen LogP contribution in [0.1, 0.15) is 0 Å². The molecule has 2 rings (SSSR count). The smallest absolute Gasteiger partial charge is 0.341 e. The van der Waals surface area contributed by atoms with Gasteiger partial charge in [-0.25, -0.2) is 4.79 Å². The molecule has 0 saturated heterocycles. The summed E-state index contributed by atoms with van der Waals surface area (Å²) in [5, 5.41) is 9.47. The zero-order valence-corrected chi connectivity index (χ0v) is 7.36. The average Bonchev–Trinajstić information content (AvgIpc) is 2.62. The molecule has 2 N–H and O–H groups in total. The molecular formula is C10H9NO3. The number of fused-ring (bicyclic) bond motifs is 1. The fourth-order valence-corrected chi connectivity index (χ4v) is 1.32. The summed E-state index contributed by atoms with van der Waals surface area (Å²) in [6.07, 6.45) is 1.79. The van der Waals surface area contributed by atoms with Crippen LogP contribution in [0.5, 0.6) is 5.75 Å². The summed E-state index contributed by atoms with van der Waals surface area (Å²) in [6.45, 7) is -0.321. The zero-order valence-electron chi connectivity index (χ0n) is 7.36. The van der Waals surface area contributed by atoms with Gasteiger partial charge in [-0.05, 0) is 12.1 Å². The summed E-state index contributed by atoms with van der Waals surface area (Å²) in [6, 6.07) is 7.40. The van der Waals surface area contributed by atoms with E-state index in [1.807, 2.05) is 18.2 Å². The van der Waals surface area contributed by atoms with Gasteiger partial charge in [0.1, 0.15) is 5.75 Å². The van der Waals surface area contributed by atoms with E-state index in [2.05, 4.69) is 4.98 Å². The van der Waals surface area contributed by atoms with E-state index in [4.69, 9.17) is 9.84 Å². The lowest BCUT2D eigenvalue weighted by Crippen LogP contribution is -2.09. The largest absolute Gasteiger partial charge is 0.480 e. The molecule has 0 aliphatic carbocycles. The van der Waals surface area contributed by atoms with Crippen LogP contribution >= 0.6 is 0 Å². The number of aliphatic carboxylic acids is 1. The Balaban J connectivity index is 2.32. The number of carboxylic acid groups (broad SMARTS) is 1. The van der Waals surface area contributed by atoms with Crippen molar-refractivity contribution in [1.29, 1.82) is 0 Å². The lowest BCUT2D eigenvalue weighted by Gasteiger charge is -2.03. The molecule has 0 aliphatic heterocycles. The van der Waals surface area contributed by atoms with Crippen molar-refractivity contribution >= 4 is 16.9 Å². The normalized spacial score (nSPS) is 10.3. The molecule has 0 atom stereocenters. The van der Waals surface area contributed by atoms with Crippen LogP contribution in [-0.4, -0.2) is 22.7 Å². The van der Waals surface area contributed by atoms with Crippen molar-refractivity contribution in [3.05, 3.63) is 30.5 Å². The van der Waals surface area contributed by atoms with Gasteiger partial charge in [-0.1, -0.05) is 12.1 Å². The van der Waals surface area contributed by atoms with E-state index < -0.39 is 5.97 Å². The topological polar surface area (TPSA) is 62.3 Å². The van der Waals surface area contributed by atoms with E-state index in [0.717, 1.165) is 10.9 Å². The van der Waals surface area contributed by atoms with Crippen LogP contribution in [0.4, 0.5) is 0 Å². The van der Waals surface area contributed by atoms with Crippen molar-refractivity contribution in [2.75, 3.05) is 6.61 Å². The van der Waals surface area contributed by atoms with E-state index in [9.17, 15) is 4.79 Å². The number of para-hydroxylation sites is 1. The molecule has 0 fully saturated rings. The number of carbonyl (C=O) groups is 1. The third kappa shape index (κ3) is 1.54. The number of benzene rings is 1. The minimum absolute atomic E-state index is 0.321. The number of rotatable bonds is 3. The summed E-state index contributed by atoms with van der Waals surface area (Å²) in [5.74, 6) is -0.413. The molecule has 0 radical (unpaired) electrons.